The SMILES string of the molecule is CCCC[Si](C)(c1ccccc1)C1(C)[C-]=C(C)C(C)=C1C.[CH3-].[CH3-].[CH3-].[Ti+4]. The molecule has 0 bridgehead atoms. The van der Waals surface area contributed by atoms with Crippen LogP contribution >= 0.6 is 0 Å². The summed E-state index contributed by atoms with van der Waals surface area (Å²) in [6.07, 6.45) is 6.48. The van der Waals surface area contributed by atoms with Gasteiger partial charge in [0.2, 0.25) is 0 Å². The van der Waals surface area contributed by atoms with Gasteiger partial charge in [-0.1, -0.05) is 93.7 Å². The van der Waals surface area contributed by atoms with Crippen LogP contribution in [-0.2, 0) is 21.7 Å². The van der Waals surface area contributed by atoms with E-state index in [1.807, 2.05) is 0 Å². The molecule has 0 aromatic heterocycles. The van der Waals surface area contributed by atoms with Gasteiger partial charge in [-0.05, 0) is 0 Å². The molecule has 0 heterocycles. The third-order valence-electron chi connectivity index (χ3n) is 5.86. The summed E-state index contributed by atoms with van der Waals surface area (Å²) in [6.45, 7) is 14.1. The number of unbranched alkanes of at least 4 members (excludes halogenated alkanes) is 1. The molecule has 0 saturated carbocycles. The van der Waals surface area contributed by atoms with E-state index in [0.717, 1.165) is 0 Å². The topological polar surface area (TPSA) is 0 Å². The van der Waals surface area contributed by atoms with E-state index in [-0.39, 0.29) is 49.0 Å². The summed E-state index contributed by atoms with van der Waals surface area (Å²) in [6, 6.07) is 12.6. The zero-order chi connectivity index (χ0) is 15.7. The predicted molar refractivity (Wildman–Crippen MR) is 116 cm³/mol. The zero-order valence-corrected chi connectivity index (χ0v) is 20.6. The Balaban J connectivity index is -0.00000121. The molecule has 2 rings (SSSR count). The second-order valence-corrected chi connectivity index (χ2v) is 11.7. The van der Waals surface area contributed by atoms with E-state index in [0.29, 0.717) is 0 Å². The maximum Gasteiger partial charge on any atom is 4.00 e. The van der Waals surface area contributed by atoms with Gasteiger partial charge < -0.3 is 22.3 Å². The van der Waals surface area contributed by atoms with Crippen LogP contribution in [-0.4, -0.2) is 8.07 Å². The summed E-state index contributed by atoms with van der Waals surface area (Å²) < 4.78 is 0. The molecule has 0 nitrogen and oxygen atoms in total. The third kappa shape index (κ3) is 5.09. The molecule has 0 radical (unpaired) electrons. The fraction of sp³-hybridized carbons (Fsp3) is 0.435. The number of allylic oxidation sites excluding steroid dienone is 4. The normalized spacial score (nSPS) is 21.0. The van der Waals surface area contributed by atoms with Crippen LogP contribution in [0.4, 0.5) is 0 Å². The van der Waals surface area contributed by atoms with Crippen LogP contribution in [0, 0.1) is 28.4 Å². The summed E-state index contributed by atoms with van der Waals surface area (Å²) in [7, 11) is -1.67. The van der Waals surface area contributed by atoms with Crippen molar-refractivity contribution in [2.45, 2.75) is 65.1 Å². The summed E-state index contributed by atoms with van der Waals surface area (Å²) in [5.74, 6) is 0. The smallest absolute Gasteiger partial charge is 0.358 e. The van der Waals surface area contributed by atoms with Crippen LogP contribution in [0.25, 0.3) is 0 Å². The monoisotopic (exact) mass is 390 g/mol. The van der Waals surface area contributed by atoms with E-state index < -0.39 is 8.07 Å². The van der Waals surface area contributed by atoms with Gasteiger partial charge in [-0.25, -0.2) is 5.57 Å². The van der Waals surface area contributed by atoms with Gasteiger partial charge in [0.05, 0.1) is 8.07 Å². The Morgan fingerprint density at radius 3 is 1.92 bits per heavy atom. The van der Waals surface area contributed by atoms with Crippen molar-refractivity contribution in [2.75, 3.05) is 0 Å². The Labute approximate surface area is 175 Å². The van der Waals surface area contributed by atoms with Gasteiger partial charge in [0.25, 0.3) is 0 Å². The van der Waals surface area contributed by atoms with E-state index >= 15 is 0 Å². The van der Waals surface area contributed by atoms with Gasteiger partial charge in [0.15, 0.2) is 0 Å². The fourth-order valence-electron chi connectivity index (χ4n) is 3.79. The summed E-state index contributed by atoms with van der Waals surface area (Å²) in [5.41, 5.74) is 4.37. The first-order valence-electron chi connectivity index (χ1n) is 8.22. The summed E-state index contributed by atoms with van der Waals surface area (Å²) in [4.78, 5) is 0. The minimum absolute atomic E-state index is 0. The molecule has 1 aliphatic carbocycles. The maximum absolute atomic E-state index is 3.88. The van der Waals surface area contributed by atoms with Crippen LogP contribution in [0.5, 0.6) is 0 Å². The van der Waals surface area contributed by atoms with Gasteiger partial charge in [-0.15, -0.1) is 6.92 Å². The van der Waals surface area contributed by atoms with Gasteiger partial charge in [0, 0.05) is 0 Å². The van der Waals surface area contributed by atoms with Crippen molar-refractivity contribution in [2.24, 2.45) is 0 Å². The molecule has 0 amide bonds. The molecule has 1 aromatic carbocycles. The second kappa shape index (κ2) is 11.4. The van der Waals surface area contributed by atoms with Crippen LogP contribution in [0.2, 0.25) is 17.6 Å². The van der Waals surface area contributed by atoms with E-state index in [9.17, 15) is 0 Å². The fourth-order valence-corrected chi connectivity index (χ4v) is 8.62. The van der Waals surface area contributed by atoms with Gasteiger partial charge in [-0.2, -0.15) is 11.1 Å². The molecule has 0 N–H and O–H groups in total. The van der Waals surface area contributed by atoms with E-state index in [2.05, 4.69) is 77.6 Å². The molecule has 0 aliphatic heterocycles. The summed E-state index contributed by atoms with van der Waals surface area (Å²) in [5, 5.41) is 1.72. The molecule has 2 atom stereocenters. The number of rotatable bonds is 5. The number of hydrogen-bond donors (Lipinski definition) is 0. The van der Waals surface area contributed by atoms with Crippen LogP contribution in [0.3, 0.4) is 0 Å². The molecule has 138 valence electrons. The minimum atomic E-state index is -1.67. The molecule has 2 unspecified atom stereocenters. The number of benzene rings is 1. The van der Waals surface area contributed by atoms with E-state index in [1.54, 1.807) is 10.8 Å². The average Bonchev–Trinajstić information content (AvgIpc) is 2.70. The Morgan fingerprint density at radius 1 is 1.00 bits per heavy atom. The molecule has 2 heteroatoms. The Kier molecular flexibility index (Phi) is 13.4. The molecule has 1 aromatic rings. The molecule has 0 fully saturated rings. The number of hydrogen-bond acceptors (Lipinski definition) is 0. The first kappa shape index (κ1) is 29.4. The molecule has 25 heavy (non-hydrogen) atoms. The standard InChI is InChI=1S/C20H29Si.3CH3.Ti/c1-7-8-14-21(6,19-12-10-9-11-13-19)20(5)15-16(2)17(3)18(20)4;;;;/h9-13H,7-8,14H2,1-6H3;3*1H3;/q4*-1;+4. The van der Waals surface area contributed by atoms with Crippen molar-refractivity contribution in [3.05, 3.63) is 75.4 Å². The summed E-state index contributed by atoms with van der Waals surface area (Å²) >= 11 is 0. The maximum atomic E-state index is 3.88. The van der Waals surface area contributed by atoms with Crippen molar-refractivity contribution in [1.82, 2.24) is 0 Å². The van der Waals surface area contributed by atoms with E-state index in [4.69, 9.17) is 0 Å². The Bertz CT molecular complexity index is 573. The van der Waals surface area contributed by atoms with E-state index in [1.165, 1.54) is 30.0 Å². The van der Waals surface area contributed by atoms with Gasteiger partial charge in [0.1, 0.15) is 0 Å². The van der Waals surface area contributed by atoms with Gasteiger partial charge >= 0.3 is 21.7 Å². The van der Waals surface area contributed by atoms with Crippen molar-refractivity contribution in [3.8, 4) is 0 Å². The largest absolute Gasteiger partial charge is 4.00 e. The third-order valence-corrected chi connectivity index (χ3v) is 11.5. The second-order valence-electron chi connectivity index (χ2n) is 6.93. The van der Waals surface area contributed by atoms with Crippen molar-refractivity contribution >= 4 is 13.3 Å². The Hall–Kier alpha value is -0.369. The first-order chi connectivity index (χ1) is 9.87. The molecular formula is C23H38SiTi. The van der Waals surface area contributed by atoms with Crippen molar-refractivity contribution in [3.63, 3.8) is 0 Å². The van der Waals surface area contributed by atoms with Crippen LogP contribution < -0.4 is 5.19 Å². The first-order valence-corrected chi connectivity index (χ1v) is 10.9. The molecule has 0 saturated heterocycles. The van der Waals surface area contributed by atoms with Gasteiger partial charge in [-0.3, -0.25) is 6.08 Å². The molecule has 1 aliphatic rings. The zero-order valence-electron chi connectivity index (χ0n) is 18.0. The average molecular weight is 391 g/mol. The van der Waals surface area contributed by atoms with Crippen molar-refractivity contribution < 1.29 is 21.7 Å². The van der Waals surface area contributed by atoms with Crippen LogP contribution in [0.15, 0.2) is 47.1 Å². The minimum Gasteiger partial charge on any atom is -0.358 e. The Morgan fingerprint density at radius 2 is 1.52 bits per heavy atom. The van der Waals surface area contributed by atoms with Crippen molar-refractivity contribution in [1.29, 1.82) is 0 Å². The van der Waals surface area contributed by atoms with Crippen LogP contribution in [0.1, 0.15) is 47.5 Å². The molecule has 0 spiro atoms. The molecular weight excluding hydrogens is 352 g/mol. The quantitative estimate of drug-likeness (QED) is 0.376. The predicted octanol–water partition coefficient (Wildman–Crippen LogP) is 6.98.